The van der Waals surface area contributed by atoms with E-state index in [1.165, 1.54) is 72.1 Å². The van der Waals surface area contributed by atoms with E-state index in [2.05, 4.69) is 207 Å². The van der Waals surface area contributed by atoms with Crippen molar-refractivity contribution in [3.8, 4) is 17.1 Å². The van der Waals surface area contributed by atoms with Crippen molar-refractivity contribution in [2.75, 3.05) is 7.11 Å². The molecule has 9 rings (SSSR count). The van der Waals surface area contributed by atoms with Gasteiger partial charge < -0.3 is 13.9 Å². The van der Waals surface area contributed by atoms with Gasteiger partial charge in [-0.05, 0) is 115 Å². The summed E-state index contributed by atoms with van der Waals surface area (Å²) >= 11 is 0. The molecule has 58 heavy (non-hydrogen) atoms. The van der Waals surface area contributed by atoms with Gasteiger partial charge in [0.1, 0.15) is 5.75 Å². The number of nitrogens with zero attached hydrogens (tertiary/aromatic N) is 2. The highest BCUT2D eigenvalue weighted by molar-refractivity contribution is 6.10. The van der Waals surface area contributed by atoms with Crippen molar-refractivity contribution in [1.29, 1.82) is 0 Å². The highest BCUT2D eigenvalue weighted by Crippen LogP contribution is 2.35. The van der Waals surface area contributed by atoms with Crippen LogP contribution in [0.5, 0.6) is 5.75 Å². The highest BCUT2D eigenvalue weighted by Gasteiger charge is 2.19. The van der Waals surface area contributed by atoms with Crippen LogP contribution in [0.15, 0.2) is 170 Å². The quantitative estimate of drug-likeness (QED) is 0.134. The van der Waals surface area contributed by atoms with Crippen LogP contribution in [-0.2, 0) is 0 Å². The first-order valence-electron chi connectivity index (χ1n) is 20.5. The van der Waals surface area contributed by atoms with Crippen molar-refractivity contribution in [2.24, 2.45) is 11.8 Å². The molecule has 0 saturated heterocycles. The van der Waals surface area contributed by atoms with Gasteiger partial charge in [-0.3, -0.25) is 0 Å². The number of benzene rings is 6. The van der Waals surface area contributed by atoms with Crippen molar-refractivity contribution >= 4 is 56.0 Å². The molecule has 0 saturated carbocycles. The van der Waals surface area contributed by atoms with Gasteiger partial charge in [0, 0.05) is 32.8 Å². The predicted octanol–water partition coefficient (Wildman–Crippen LogP) is 13.0. The number of para-hydroxylation sites is 3. The lowest BCUT2D eigenvalue weighted by Gasteiger charge is -2.20. The summed E-state index contributed by atoms with van der Waals surface area (Å²) in [6.45, 7) is 13.2. The first kappa shape index (κ1) is 38.3. The van der Waals surface area contributed by atoms with Crippen LogP contribution < -0.4 is 15.3 Å². The number of hydrogen-bond donors (Lipinski definition) is 0. The van der Waals surface area contributed by atoms with Crippen LogP contribution in [0.4, 0.5) is 0 Å². The summed E-state index contributed by atoms with van der Waals surface area (Å²) in [5.74, 6) is 2.21. The maximum atomic E-state index is 5.38. The molecule has 0 radical (unpaired) electrons. The third-order valence-electron chi connectivity index (χ3n) is 11.9. The van der Waals surface area contributed by atoms with Gasteiger partial charge in [0.05, 0.1) is 29.0 Å². The fourth-order valence-electron chi connectivity index (χ4n) is 8.47. The van der Waals surface area contributed by atoms with E-state index >= 15 is 0 Å². The smallest absolute Gasteiger partial charge is 0.119 e. The molecule has 2 atom stereocenters. The number of aromatic nitrogens is 2. The standard InChI is InChI=1S/C33H29NO.C22H23N/c1-5-25(15-14-24(3)29-11-7-6-10-23(29)2)26-16-21-31-30-12-8-9-13-32(30)34(33(31)22-26)27-17-19-28(35-4)20-18-27;1-3-16(2)17-13-14-20-19-11-7-8-12-21(19)23(22(20)15-17)18-9-5-4-6-10-18/h5-22H,3H2,1-2,4H3;4-12,14-17H,3,13H2,1-2H3/b15-14-,25-5+;. The summed E-state index contributed by atoms with van der Waals surface area (Å²) in [7, 11) is 1.70. The summed E-state index contributed by atoms with van der Waals surface area (Å²) in [6.07, 6.45) is 13.8. The van der Waals surface area contributed by atoms with E-state index < -0.39 is 0 Å². The molecular weight excluding hydrogens is 705 g/mol. The molecule has 1 aliphatic carbocycles. The van der Waals surface area contributed by atoms with Crippen LogP contribution in [-0.4, -0.2) is 16.2 Å². The Bertz CT molecular complexity index is 2940. The fourth-order valence-corrected chi connectivity index (χ4v) is 8.47. The minimum atomic E-state index is 0.638. The van der Waals surface area contributed by atoms with Crippen LogP contribution in [0.1, 0.15) is 50.3 Å². The van der Waals surface area contributed by atoms with E-state index in [0.29, 0.717) is 5.92 Å². The van der Waals surface area contributed by atoms with E-state index in [1.807, 2.05) is 12.1 Å². The largest absolute Gasteiger partial charge is 0.497 e. The van der Waals surface area contributed by atoms with Gasteiger partial charge in [-0.25, -0.2) is 0 Å². The SMILES string of the molecule is C=C(/C=C\C(=C/C)c1ccc2c3ccccc3n(-c3ccc(OC)cc3)c2c1)c1ccccc1C.CCC(C)C1C=c2c(c3ccccc3n2-c2ccccc2)=CC1. The van der Waals surface area contributed by atoms with E-state index in [4.69, 9.17) is 4.74 Å². The lowest BCUT2D eigenvalue weighted by atomic mass is 9.86. The summed E-state index contributed by atoms with van der Waals surface area (Å²) in [5, 5.41) is 6.63. The Morgan fingerprint density at radius 1 is 0.724 bits per heavy atom. The lowest BCUT2D eigenvalue weighted by molar-refractivity contribution is 0.415. The monoisotopic (exact) mass is 756 g/mol. The average Bonchev–Trinajstić information content (AvgIpc) is 3.79. The van der Waals surface area contributed by atoms with Gasteiger partial charge in [-0.1, -0.05) is 148 Å². The maximum absolute atomic E-state index is 5.38. The second-order valence-electron chi connectivity index (χ2n) is 15.3. The Balaban J connectivity index is 0.000000176. The molecule has 6 aromatic carbocycles. The van der Waals surface area contributed by atoms with Crippen LogP contribution in [0, 0.1) is 18.8 Å². The number of aryl methyl sites for hydroxylation is 1. The van der Waals surface area contributed by atoms with Crippen molar-refractivity contribution in [3.63, 3.8) is 0 Å². The zero-order chi connectivity index (χ0) is 40.2. The van der Waals surface area contributed by atoms with E-state index in [0.717, 1.165) is 34.9 Å². The molecule has 8 aromatic rings. The molecular formula is C55H52N2O. The van der Waals surface area contributed by atoms with Gasteiger partial charge in [-0.2, -0.15) is 0 Å². The van der Waals surface area contributed by atoms with Crippen LogP contribution in [0.25, 0.3) is 67.4 Å². The summed E-state index contributed by atoms with van der Waals surface area (Å²) in [4.78, 5) is 0. The lowest BCUT2D eigenvalue weighted by Crippen LogP contribution is -2.33. The fraction of sp³-hybridized carbons (Fsp3) is 0.164. The van der Waals surface area contributed by atoms with Crippen molar-refractivity contribution in [1.82, 2.24) is 9.13 Å². The van der Waals surface area contributed by atoms with E-state index in [1.54, 1.807) is 7.11 Å². The number of rotatable bonds is 9. The van der Waals surface area contributed by atoms with Gasteiger partial charge in [0.15, 0.2) is 0 Å². The molecule has 0 N–H and O–H groups in total. The Morgan fingerprint density at radius 3 is 2.07 bits per heavy atom. The van der Waals surface area contributed by atoms with Gasteiger partial charge in [0.25, 0.3) is 0 Å². The molecule has 0 bridgehead atoms. The van der Waals surface area contributed by atoms with E-state index in [-0.39, 0.29) is 0 Å². The van der Waals surface area contributed by atoms with Crippen LogP contribution >= 0.6 is 0 Å². The number of fused-ring (bicyclic) bond motifs is 6. The molecule has 0 fully saturated rings. The minimum absolute atomic E-state index is 0.638. The molecule has 3 heteroatoms. The molecule has 0 amide bonds. The predicted molar refractivity (Wildman–Crippen MR) is 249 cm³/mol. The number of hydrogen-bond acceptors (Lipinski definition) is 1. The minimum Gasteiger partial charge on any atom is -0.497 e. The maximum Gasteiger partial charge on any atom is 0.119 e. The van der Waals surface area contributed by atoms with Crippen molar-refractivity contribution < 1.29 is 4.74 Å². The van der Waals surface area contributed by atoms with Gasteiger partial charge in [-0.15, -0.1) is 0 Å². The second-order valence-corrected chi connectivity index (χ2v) is 15.3. The third-order valence-corrected chi connectivity index (χ3v) is 11.9. The first-order chi connectivity index (χ1) is 28.4. The van der Waals surface area contributed by atoms with Crippen molar-refractivity contribution in [3.05, 3.63) is 198 Å². The molecule has 1 aliphatic rings. The molecule has 0 spiro atoms. The Hall–Kier alpha value is -6.58. The number of allylic oxidation sites excluding steroid dienone is 5. The van der Waals surface area contributed by atoms with Crippen molar-refractivity contribution in [2.45, 2.75) is 40.5 Å². The van der Waals surface area contributed by atoms with Crippen LogP contribution in [0.2, 0.25) is 0 Å². The van der Waals surface area contributed by atoms with E-state index in [9.17, 15) is 0 Å². The summed E-state index contributed by atoms with van der Waals surface area (Å²) in [6, 6.07) is 51.4. The molecule has 2 heterocycles. The van der Waals surface area contributed by atoms with Crippen LogP contribution in [0.3, 0.4) is 0 Å². The normalized spacial score (nSPS) is 14.4. The topological polar surface area (TPSA) is 19.1 Å². The Kier molecular flexibility index (Phi) is 11.1. The Morgan fingerprint density at radius 2 is 1.36 bits per heavy atom. The zero-order valence-corrected chi connectivity index (χ0v) is 34.3. The average molecular weight is 757 g/mol. The molecule has 0 aliphatic heterocycles. The number of methoxy groups -OCH3 is 1. The zero-order valence-electron chi connectivity index (χ0n) is 34.3. The second kappa shape index (κ2) is 16.9. The molecule has 2 aromatic heterocycles. The molecule has 3 nitrogen and oxygen atoms in total. The third kappa shape index (κ3) is 7.37. The molecule has 288 valence electrons. The van der Waals surface area contributed by atoms with Gasteiger partial charge >= 0.3 is 0 Å². The Labute approximate surface area is 342 Å². The molecule has 2 unspecified atom stereocenters. The summed E-state index contributed by atoms with van der Waals surface area (Å²) < 4.78 is 10.1. The van der Waals surface area contributed by atoms with Gasteiger partial charge in [0.2, 0.25) is 0 Å². The number of ether oxygens (including phenoxy) is 1. The summed E-state index contributed by atoms with van der Waals surface area (Å²) in [5.41, 5.74) is 11.8. The highest BCUT2D eigenvalue weighted by atomic mass is 16.5. The first-order valence-corrected chi connectivity index (χ1v) is 20.5.